The average molecular weight is 154 g/mol. The Labute approximate surface area is 66.9 Å². The molecular formula is C8H14N2O. The molecule has 0 aromatic carbocycles. The van der Waals surface area contributed by atoms with Crippen LogP contribution in [-0.4, -0.2) is 47.9 Å². The minimum atomic E-state index is 0.480. The van der Waals surface area contributed by atoms with Crippen LogP contribution in [0.4, 0.5) is 0 Å². The van der Waals surface area contributed by atoms with Crippen LogP contribution < -0.4 is 0 Å². The molecule has 0 aliphatic carbocycles. The van der Waals surface area contributed by atoms with Crippen molar-refractivity contribution >= 4 is 0 Å². The van der Waals surface area contributed by atoms with E-state index in [9.17, 15) is 5.21 Å². The van der Waals surface area contributed by atoms with Gasteiger partial charge < -0.3 is 5.21 Å². The number of nitrogens with zero attached hydrogens (tertiary/aromatic N) is 2. The molecule has 1 saturated heterocycles. The molecule has 0 aromatic rings. The molecule has 3 nitrogen and oxygen atoms in total. The van der Waals surface area contributed by atoms with E-state index in [1.807, 2.05) is 0 Å². The van der Waals surface area contributed by atoms with Crippen LogP contribution in [0.3, 0.4) is 0 Å². The summed E-state index contributed by atoms with van der Waals surface area (Å²) in [5.74, 6) is 0. The molecular weight excluding hydrogens is 140 g/mol. The van der Waals surface area contributed by atoms with E-state index in [2.05, 4.69) is 18.0 Å². The highest BCUT2D eigenvalue weighted by atomic mass is 16.5. The molecule has 0 bridgehead atoms. The van der Waals surface area contributed by atoms with Crippen LogP contribution in [0.5, 0.6) is 0 Å². The number of likely N-dealkylation sites (N-methyl/N-ethyl adjacent to an activating group) is 1. The van der Waals surface area contributed by atoms with Gasteiger partial charge in [0.25, 0.3) is 0 Å². The first-order chi connectivity index (χ1) is 5.27. The van der Waals surface area contributed by atoms with Crippen LogP contribution in [0.1, 0.15) is 6.42 Å². The maximum atomic E-state index is 9.24. The third-order valence-electron chi connectivity index (χ3n) is 2.60. The summed E-state index contributed by atoms with van der Waals surface area (Å²) in [6.45, 7) is 2.65. The second kappa shape index (κ2) is 2.59. The molecule has 2 aliphatic heterocycles. The van der Waals surface area contributed by atoms with Crippen LogP contribution in [0.25, 0.3) is 0 Å². The van der Waals surface area contributed by atoms with E-state index in [0.29, 0.717) is 6.04 Å². The lowest BCUT2D eigenvalue weighted by atomic mass is 10.0. The van der Waals surface area contributed by atoms with Crippen LogP contribution in [-0.2, 0) is 0 Å². The zero-order valence-electron chi connectivity index (χ0n) is 6.82. The van der Waals surface area contributed by atoms with Gasteiger partial charge in [-0.15, -0.1) is 0 Å². The second-order valence-corrected chi connectivity index (χ2v) is 3.41. The Morgan fingerprint density at radius 3 is 3.18 bits per heavy atom. The highest BCUT2D eigenvalue weighted by Crippen LogP contribution is 2.23. The van der Waals surface area contributed by atoms with Crippen molar-refractivity contribution in [2.45, 2.75) is 12.5 Å². The van der Waals surface area contributed by atoms with Gasteiger partial charge in [-0.05, 0) is 19.0 Å². The first kappa shape index (κ1) is 7.28. The molecule has 62 valence electrons. The molecule has 1 unspecified atom stereocenters. The van der Waals surface area contributed by atoms with E-state index in [1.165, 1.54) is 10.6 Å². The van der Waals surface area contributed by atoms with Gasteiger partial charge in [0.1, 0.15) is 0 Å². The Kier molecular flexibility index (Phi) is 1.71. The highest BCUT2D eigenvalue weighted by molar-refractivity contribution is 5.20. The Hall–Kier alpha value is -0.380. The Bertz CT molecular complexity index is 191. The molecule has 2 heterocycles. The Morgan fingerprint density at radius 2 is 2.45 bits per heavy atom. The fraction of sp³-hybridized carbons (Fsp3) is 0.750. The number of rotatable bonds is 0. The molecule has 1 fully saturated rings. The van der Waals surface area contributed by atoms with Gasteiger partial charge in [0.2, 0.25) is 0 Å². The van der Waals surface area contributed by atoms with Crippen LogP contribution >= 0.6 is 0 Å². The van der Waals surface area contributed by atoms with Crippen molar-refractivity contribution in [2.24, 2.45) is 0 Å². The lowest BCUT2D eigenvalue weighted by molar-refractivity contribution is -0.0709. The normalized spacial score (nSPS) is 33.6. The van der Waals surface area contributed by atoms with Gasteiger partial charge in [-0.2, -0.15) is 5.06 Å². The summed E-state index contributed by atoms with van der Waals surface area (Å²) < 4.78 is 0. The van der Waals surface area contributed by atoms with E-state index in [-0.39, 0.29) is 0 Å². The lowest BCUT2D eigenvalue weighted by Crippen LogP contribution is -2.37. The highest BCUT2D eigenvalue weighted by Gasteiger charge is 2.30. The van der Waals surface area contributed by atoms with E-state index in [4.69, 9.17) is 0 Å². The summed E-state index contributed by atoms with van der Waals surface area (Å²) in [5.41, 5.74) is 1.39. The molecule has 2 rings (SSSR count). The van der Waals surface area contributed by atoms with Crippen molar-refractivity contribution in [3.05, 3.63) is 11.6 Å². The summed E-state index contributed by atoms with van der Waals surface area (Å²) in [7, 11) is 2.12. The van der Waals surface area contributed by atoms with Crippen molar-refractivity contribution in [1.82, 2.24) is 9.96 Å². The molecule has 1 atom stereocenters. The predicted octanol–water partition coefficient (Wildman–Crippen LogP) is 0.322. The van der Waals surface area contributed by atoms with E-state index < -0.39 is 0 Å². The molecule has 2 aliphatic rings. The summed E-state index contributed by atoms with van der Waals surface area (Å²) in [6.07, 6.45) is 3.40. The van der Waals surface area contributed by atoms with Crippen molar-refractivity contribution < 1.29 is 5.21 Å². The first-order valence-corrected chi connectivity index (χ1v) is 4.10. The van der Waals surface area contributed by atoms with Gasteiger partial charge in [0, 0.05) is 25.7 Å². The standard InChI is InChI=1S/C8H14N2O/c1-9-4-2-3-7-5-10(11)6-8(7)9/h3,8,11H,2,4-6H2,1H3. The van der Waals surface area contributed by atoms with E-state index in [0.717, 1.165) is 26.1 Å². The fourth-order valence-electron chi connectivity index (χ4n) is 1.93. The maximum absolute atomic E-state index is 9.24. The third kappa shape index (κ3) is 1.20. The van der Waals surface area contributed by atoms with Crippen molar-refractivity contribution in [3.8, 4) is 0 Å². The second-order valence-electron chi connectivity index (χ2n) is 3.41. The summed E-state index contributed by atoms with van der Waals surface area (Å²) >= 11 is 0. The summed E-state index contributed by atoms with van der Waals surface area (Å²) in [5, 5.41) is 10.6. The number of hydroxylamine groups is 2. The van der Waals surface area contributed by atoms with Gasteiger partial charge in [-0.25, -0.2) is 0 Å². The predicted molar refractivity (Wildman–Crippen MR) is 42.5 cm³/mol. The largest absolute Gasteiger partial charge is 0.314 e. The van der Waals surface area contributed by atoms with Gasteiger partial charge in [0.05, 0.1) is 0 Å². The smallest absolute Gasteiger partial charge is 0.0468 e. The van der Waals surface area contributed by atoms with Gasteiger partial charge >= 0.3 is 0 Å². The molecule has 11 heavy (non-hydrogen) atoms. The zero-order chi connectivity index (χ0) is 7.84. The van der Waals surface area contributed by atoms with Crippen molar-refractivity contribution in [3.63, 3.8) is 0 Å². The van der Waals surface area contributed by atoms with E-state index >= 15 is 0 Å². The zero-order valence-corrected chi connectivity index (χ0v) is 6.82. The molecule has 3 heteroatoms. The lowest BCUT2D eigenvalue weighted by Gasteiger charge is -2.27. The topological polar surface area (TPSA) is 26.7 Å². The molecule has 0 aromatic heterocycles. The van der Waals surface area contributed by atoms with E-state index in [1.54, 1.807) is 0 Å². The molecule has 0 radical (unpaired) electrons. The number of hydrogen-bond acceptors (Lipinski definition) is 3. The summed E-state index contributed by atoms with van der Waals surface area (Å²) in [4.78, 5) is 2.31. The number of fused-ring (bicyclic) bond motifs is 1. The minimum absolute atomic E-state index is 0.480. The SMILES string of the molecule is CN1CCC=C2CN(O)CC21. The third-order valence-corrected chi connectivity index (χ3v) is 2.60. The van der Waals surface area contributed by atoms with Crippen LogP contribution in [0, 0.1) is 0 Å². The minimum Gasteiger partial charge on any atom is -0.314 e. The Morgan fingerprint density at radius 1 is 1.64 bits per heavy atom. The molecule has 0 amide bonds. The quantitative estimate of drug-likeness (QED) is 0.509. The monoisotopic (exact) mass is 154 g/mol. The van der Waals surface area contributed by atoms with Gasteiger partial charge in [-0.3, -0.25) is 4.90 Å². The Balaban J connectivity index is 2.17. The van der Waals surface area contributed by atoms with Crippen LogP contribution in [0.15, 0.2) is 11.6 Å². The van der Waals surface area contributed by atoms with Crippen molar-refractivity contribution in [2.75, 3.05) is 26.7 Å². The first-order valence-electron chi connectivity index (χ1n) is 4.10. The van der Waals surface area contributed by atoms with Crippen molar-refractivity contribution in [1.29, 1.82) is 0 Å². The average Bonchev–Trinajstić information content (AvgIpc) is 2.31. The molecule has 0 spiro atoms. The fourth-order valence-corrected chi connectivity index (χ4v) is 1.93. The molecule has 1 N–H and O–H groups in total. The number of hydrogen-bond donors (Lipinski definition) is 1. The maximum Gasteiger partial charge on any atom is 0.0468 e. The molecule has 0 saturated carbocycles. The van der Waals surface area contributed by atoms with Gasteiger partial charge in [0.15, 0.2) is 0 Å². The van der Waals surface area contributed by atoms with Crippen LogP contribution in [0.2, 0.25) is 0 Å². The van der Waals surface area contributed by atoms with Gasteiger partial charge in [-0.1, -0.05) is 6.08 Å². The summed E-state index contributed by atoms with van der Waals surface area (Å²) in [6, 6.07) is 0.480.